The predicted octanol–water partition coefficient (Wildman–Crippen LogP) is 2.55. The first kappa shape index (κ1) is 17.7. The van der Waals surface area contributed by atoms with E-state index in [-0.39, 0.29) is 11.8 Å². The summed E-state index contributed by atoms with van der Waals surface area (Å²) in [6.07, 6.45) is 1.83. The summed E-state index contributed by atoms with van der Waals surface area (Å²) in [5, 5.41) is 11.2. The summed E-state index contributed by atoms with van der Waals surface area (Å²) < 4.78 is 2.03. The fourth-order valence-corrected chi connectivity index (χ4v) is 3.59. The fraction of sp³-hybridized carbons (Fsp3) is 0.500. The van der Waals surface area contributed by atoms with Crippen molar-refractivity contribution >= 4 is 5.91 Å². The molecule has 2 aromatic rings. The van der Waals surface area contributed by atoms with E-state index >= 15 is 0 Å². The Labute approximate surface area is 149 Å². The zero-order valence-corrected chi connectivity index (χ0v) is 15.4. The second-order valence-electron chi connectivity index (χ2n) is 7.09. The third-order valence-electron chi connectivity index (χ3n) is 5.14. The number of carbonyl (C=O) groups excluding carboxylic acids is 1. The molecular formula is C20H28N4O. The SMILES string of the molecule is Cc1nn(Cc2ccccc2)c(C)c1CNC(=O)[C@H]1CCN[C@@H](C)C1. The molecule has 0 aliphatic carbocycles. The molecule has 2 heterocycles. The third-order valence-corrected chi connectivity index (χ3v) is 5.14. The van der Waals surface area contributed by atoms with E-state index < -0.39 is 0 Å². The molecule has 1 aliphatic heterocycles. The fourth-order valence-electron chi connectivity index (χ4n) is 3.59. The van der Waals surface area contributed by atoms with Crippen LogP contribution in [0.4, 0.5) is 0 Å². The number of piperidine rings is 1. The van der Waals surface area contributed by atoms with E-state index in [2.05, 4.69) is 41.7 Å². The number of amides is 1. The van der Waals surface area contributed by atoms with E-state index in [1.165, 1.54) is 5.56 Å². The quantitative estimate of drug-likeness (QED) is 0.879. The molecule has 2 atom stereocenters. The standard InChI is InChI=1S/C20H28N4O/c1-14-11-18(9-10-21-14)20(25)22-12-19-15(2)23-24(16(19)3)13-17-7-5-4-6-8-17/h4-8,14,18,21H,9-13H2,1-3H3,(H,22,25)/t14-,18-/m0/s1. The lowest BCUT2D eigenvalue weighted by molar-refractivity contribution is -0.126. The Kier molecular flexibility index (Phi) is 5.53. The molecule has 0 unspecified atom stereocenters. The summed E-state index contributed by atoms with van der Waals surface area (Å²) >= 11 is 0. The maximum atomic E-state index is 12.5. The molecule has 5 nitrogen and oxygen atoms in total. The molecule has 0 radical (unpaired) electrons. The number of benzene rings is 1. The Hall–Kier alpha value is -2.14. The van der Waals surface area contributed by atoms with Crippen LogP contribution in [0.2, 0.25) is 0 Å². The summed E-state index contributed by atoms with van der Waals surface area (Å²) in [6, 6.07) is 10.7. The molecule has 1 fully saturated rings. The lowest BCUT2D eigenvalue weighted by atomic mass is 9.92. The summed E-state index contributed by atoms with van der Waals surface area (Å²) in [5.41, 5.74) is 4.48. The molecule has 1 aromatic heterocycles. The Morgan fingerprint density at radius 1 is 1.32 bits per heavy atom. The summed E-state index contributed by atoms with van der Waals surface area (Å²) in [4.78, 5) is 12.5. The van der Waals surface area contributed by atoms with Gasteiger partial charge in [-0.3, -0.25) is 9.48 Å². The Morgan fingerprint density at radius 2 is 2.08 bits per heavy atom. The third kappa shape index (κ3) is 4.28. The van der Waals surface area contributed by atoms with Gasteiger partial charge in [-0.25, -0.2) is 0 Å². The molecule has 0 spiro atoms. The van der Waals surface area contributed by atoms with Crippen LogP contribution in [0.1, 0.15) is 42.3 Å². The number of carbonyl (C=O) groups is 1. The van der Waals surface area contributed by atoms with Crippen molar-refractivity contribution in [2.45, 2.75) is 52.7 Å². The molecule has 0 bridgehead atoms. The van der Waals surface area contributed by atoms with E-state index in [0.717, 1.165) is 42.9 Å². The highest BCUT2D eigenvalue weighted by Crippen LogP contribution is 2.18. The van der Waals surface area contributed by atoms with Crippen molar-refractivity contribution in [1.82, 2.24) is 20.4 Å². The first-order valence-electron chi connectivity index (χ1n) is 9.12. The number of aromatic nitrogens is 2. The van der Waals surface area contributed by atoms with Gasteiger partial charge >= 0.3 is 0 Å². The van der Waals surface area contributed by atoms with E-state index in [1.807, 2.05) is 29.8 Å². The number of rotatable bonds is 5. The number of hydrogen-bond acceptors (Lipinski definition) is 3. The summed E-state index contributed by atoms with van der Waals surface area (Å²) in [7, 11) is 0. The van der Waals surface area contributed by atoms with Crippen LogP contribution < -0.4 is 10.6 Å². The molecule has 2 N–H and O–H groups in total. The number of hydrogen-bond donors (Lipinski definition) is 2. The van der Waals surface area contributed by atoms with Crippen LogP contribution in [0.25, 0.3) is 0 Å². The van der Waals surface area contributed by atoms with Crippen LogP contribution in [0.5, 0.6) is 0 Å². The minimum Gasteiger partial charge on any atom is -0.352 e. The topological polar surface area (TPSA) is 59.0 Å². The van der Waals surface area contributed by atoms with Crippen molar-refractivity contribution in [2.24, 2.45) is 5.92 Å². The molecule has 1 saturated heterocycles. The highest BCUT2D eigenvalue weighted by molar-refractivity contribution is 5.78. The van der Waals surface area contributed by atoms with Crippen molar-refractivity contribution in [3.8, 4) is 0 Å². The van der Waals surface area contributed by atoms with Gasteiger partial charge in [-0.15, -0.1) is 0 Å². The monoisotopic (exact) mass is 340 g/mol. The first-order chi connectivity index (χ1) is 12.0. The van der Waals surface area contributed by atoms with E-state index in [9.17, 15) is 4.79 Å². The van der Waals surface area contributed by atoms with Crippen molar-refractivity contribution in [3.63, 3.8) is 0 Å². The predicted molar refractivity (Wildman–Crippen MR) is 99.3 cm³/mol. The van der Waals surface area contributed by atoms with Crippen molar-refractivity contribution in [2.75, 3.05) is 6.54 Å². The van der Waals surface area contributed by atoms with Gasteiger partial charge in [0.25, 0.3) is 0 Å². The smallest absolute Gasteiger partial charge is 0.223 e. The van der Waals surface area contributed by atoms with E-state index in [4.69, 9.17) is 0 Å². The van der Waals surface area contributed by atoms with Gasteiger partial charge in [-0.2, -0.15) is 5.10 Å². The van der Waals surface area contributed by atoms with Gasteiger partial charge in [0.1, 0.15) is 0 Å². The highest BCUT2D eigenvalue weighted by Gasteiger charge is 2.25. The second kappa shape index (κ2) is 7.83. The minimum absolute atomic E-state index is 0.122. The summed E-state index contributed by atoms with van der Waals surface area (Å²) in [5.74, 6) is 0.291. The van der Waals surface area contributed by atoms with Crippen LogP contribution in [0.3, 0.4) is 0 Å². The molecular weight excluding hydrogens is 312 g/mol. The largest absolute Gasteiger partial charge is 0.352 e. The van der Waals surface area contributed by atoms with E-state index in [1.54, 1.807) is 0 Å². The molecule has 5 heteroatoms. The van der Waals surface area contributed by atoms with Crippen molar-refractivity contribution in [1.29, 1.82) is 0 Å². The Balaban J connectivity index is 1.63. The van der Waals surface area contributed by atoms with Gasteiger partial charge in [0.2, 0.25) is 5.91 Å². The van der Waals surface area contributed by atoms with Crippen LogP contribution in [-0.4, -0.2) is 28.3 Å². The zero-order chi connectivity index (χ0) is 17.8. The molecule has 1 aliphatic rings. The summed E-state index contributed by atoms with van der Waals surface area (Å²) in [6.45, 7) is 8.48. The van der Waals surface area contributed by atoms with Crippen molar-refractivity contribution < 1.29 is 4.79 Å². The first-order valence-corrected chi connectivity index (χ1v) is 9.12. The Morgan fingerprint density at radius 3 is 2.80 bits per heavy atom. The molecule has 1 amide bonds. The van der Waals surface area contributed by atoms with Crippen LogP contribution in [0.15, 0.2) is 30.3 Å². The van der Waals surface area contributed by atoms with Gasteiger partial charge in [0, 0.05) is 29.8 Å². The lowest BCUT2D eigenvalue weighted by Gasteiger charge is -2.27. The second-order valence-corrected chi connectivity index (χ2v) is 7.09. The average molecular weight is 340 g/mol. The van der Waals surface area contributed by atoms with Crippen LogP contribution in [-0.2, 0) is 17.9 Å². The van der Waals surface area contributed by atoms with Gasteiger partial charge in [-0.1, -0.05) is 30.3 Å². The molecule has 25 heavy (non-hydrogen) atoms. The Bertz CT molecular complexity index is 723. The van der Waals surface area contributed by atoms with Gasteiger partial charge < -0.3 is 10.6 Å². The normalized spacial score (nSPS) is 20.4. The van der Waals surface area contributed by atoms with Gasteiger partial charge in [0.05, 0.1) is 12.2 Å². The van der Waals surface area contributed by atoms with Crippen molar-refractivity contribution in [3.05, 3.63) is 52.8 Å². The molecule has 134 valence electrons. The molecule has 0 saturated carbocycles. The maximum absolute atomic E-state index is 12.5. The lowest BCUT2D eigenvalue weighted by Crippen LogP contribution is -2.42. The minimum atomic E-state index is 0.122. The van der Waals surface area contributed by atoms with Crippen LogP contribution >= 0.6 is 0 Å². The number of nitrogens with zero attached hydrogens (tertiary/aromatic N) is 2. The highest BCUT2D eigenvalue weighted by atomic mass is 16.1. The molecule has 3 rings (SSSR count). The maximum Gasteiger partial charge on any atom is 0.223 e. The van der Waals surface area contributed by atoms with Crippen LogP contribution in [0, 0.1) is 19.8 Å². The van der Waals surface area contributed by atoms with Gasteiger partial charge in [-0.05, 0) is 45.7 Å². The number of aryl methyl sites for hydroxylation is 1. The average Bonchev–Trinajstić information content (AvgIpc) is 2.87. The molecule has 1 aromatic carbocycles. The number of nitrogens with one attached hydrogen (secondary N) is 2. The van der Waals surface area contributed by atoms with E-state index in [0.29, 0.717) is 12.6 Å². The van der Waals surface area contributed by atoms with Gasteiger partial charge in [0.15, 0.2) is 0 Å². The zero-order valence-electron chi connectivity index (χ0n) is 15.4.